The molecule has 15 heavy (non-hydrogen) atoms. The normalized spacial score (nSPS) is 29.2. The maximum atomic E-state index is 9.29. The molecule has 4 heteroatoms. The van der Waals surface area contributed by atoms with Crippen LogP contribution in [0.3, 0.4) is 0 Å². The van der Waals surface area contributed by atoms with E-state index in [-0.39, 0.29) is 17.9 Å². The predicted molar refractivity (Wildman–Crippen MR) is 62.4 cm³/mol. The summed E-state index contributed by atoms with van der Waals surface area (Å²) in [5.74, 6) is 0.249. The van der Waals surface area contributed by atoms with Gasteiger partial charge in [0.15, 0.2) is 0 Å². The van der Waals surface area contributed by atoms with Gasteiger partial charge in [0.05, 0.1) is 16.7 Å². The van der Waals surface area contributed by atoms with E-state index in [9.17, 15) is 5.11 Å². The minimum Gasteiger partial charge on any atom is -0.396 e. The highest BCUT2D eigenvalue weighted by molar-refractivity contribution is 6.42. The van der Waals surface area contributed by atoms with Gasteiger partial charge >= 0.3 is 0 Å². The van der Waals surface area contributed by atoms with E-state index in [0.29, 0.717) is 16.6 Å². The molecule has 0 bridgehead atoms. The summed E-state index contributed by atoms with van der Waals surface area (Å²) in [6.07, 6.45) is 0.889. The van der Waals surface area contributed by atoms with E-state index in [1.165, 1.54) is 0 Å². The van der Waals surface area contributed by atoms with Crippen LogP contribution in [-0.4, -0.2) is 18.3 Å². The molecule has 0 radical (unpaired) electrons. The molecule has 0 aromatic heterocycles. The molecule has 0 unspecified atom stereocenters. The summed E-state index contributed by atoms with van der Waals surface area (Å²) < 4.78 is 0. The number of aliphatic hydroxyl groups is 1. The fourth-order valence-corrected chi connectivity index (χ4v) is 2.48. The second-order valence-electron chi connectivity index (χ2n) is 4.12. The van der Waals surface area contributed by atoms with Crippen molar-refractivity contribution in [2.45, 2.75) is 12.3 Å². The van der Waals surface area contributed by atoms with Crippen LogP contribution in [-0.2, 0) is 0 Å². The third-order valence-corrected chi connectivity index (χ3v) is 4.10. The van der Waals surface area contributed by atoms with E-state index in [1.807, 2.05) is 12.1 Å². The van der Waals surface area contributed by atoms with Crippen molar-refractivity contribution in [2.24, 2.45) is 11.1 Å². The Labute approximate surface area is 99.0 Å². The number of rotatable bonds is 3. The summed E-state index contributed by atoms with van der Waals surface area (Å²) in [5.41, 5.74) is 6.49. The molecule has 1 aromatic carbocycles. The van der Waals surface area contributed by atoms with Crippen LogP contribution >= 0.6 is 23.2 Å². The van der Waals surface area contributed by atoms with Crippen LogP contribution in [0.2, 0.25) is 10.0 Å². The maximum absolute atomic E-state index is 9.29. The lowest BCUT2D eigenvalue weighted by atomic mass is 10.00. The SMILES string of the molecule is NC[C@@]1(CO)C[C@@H]1c1cccc(Cl)c1Cl. The van der Waals surface area contributed by atoms with Crippen LogP contribution in [0.1, 0.15) is 17.9 Å². The lowest BCUT2D eigenvalue weighted by molar-refractivity contribution is 0.211. The monoisotopic (exact) mass is 245 g/mol. The Morgan fingerprint density at radius 1 is 1.47 bits per heavy atom. The lowest BCUT2D eigenvalue weighted by Crippen LogP contribution is -2.21. The fraction of sp³-hybridized carbons (Fsp3) is 0.455. The molecule has 2 nitrogen and oxygen atoms in total. The highest BCUT2D eigenvalue weighted by atomic mass is 35.5. The van der Waals surface area contributed by atoms with Crippen molar-refractivity contribution in [1.29, 1.82) is 0 Å². The van der Waals surface area contributed by atoms with Gasteiger partial charge in [0.2, 0.25) is 0 Å². The molecule has 2 rings (SSSR count). The topological polar surface area (TPSA) is 46.2 Å². The van der Waals surface area contributed by atoms with Crippen LogP contribution < -0.4 is 5.73 Å². The summed E-state index contributed by atoms with van der Waals surface area (Å²) in [7, 11) is 0. The second-order valence-corrected chi connectivity index (χ2v) is 4.91. The van der Waals surface area contributed by atoms with Gasteiger partial charge in [-0.25, -0.2) is 0 Å². The van der Waals surface area contributed by atoms with Crippen molar-refractivity contribution in [1.82, 2.24) is 0 Å². The fourth-order valence-electron chi connectivity index (χ4n) is 2.04. The Morgan fingerprint density at radius 3 is 2.73 bits per heavy atom. The van der Waals surface area contributed by atoms with Crippen LogP contribution in [0.25, 0.3) is 0 Å². The van der Waals surface area contributed by atoms with Gasteiger partial charge in [-0.15, -0.1) is 0 Å². The minimum absolute atomic E-state index is 0.108. The van der Waals surface area contributed by atoms with Gasteiger partial charge in [-0.05, 0) is 24.0 Å². The van der Waals surface area contributed by atoms with Crippen molar-refractivity contribution in [2.75, 3.05) is 13.2 Å². The third-order valence-electron chi connectivity index (χ3n) is 3.27. The number of benzene rings is 1. The largest absolute Gasteiger partial charge is 0.396 e. The molecule has 0 spiro atoms. The lowest BCUT2D eigenvalue weighted by Gasteiger charge is -2.12. The Bertz CT molecular complexity index is 377. The third kappa shape index (κ3) is 1.76. The summed E-state index contributed by atoms with van der Waals surface area (Å²) in [4.78, 5) is 0. The number of aliphatic hydroxyl groups excluding tert-OH is 1. The van der Waals surface area contributed by atoms with Gasteiger partial charge in [-0.2, -0.15) is 0 Å². The number of nitrogens with two attached hydrogens (primary N) is 1. The molecule has 0 aliphatic heterocycles. The molecular weight excluding hydrogens is 233 g/mol. The van der Waals surface area contributed by atoms with Crippen molar-refractivity contribution in [3.63, 3.8) is 0 Å². The van der Waals surface area contributed by atoms with Crippen LogP contribution in [0.4, 0.5) is 0 Å². The molecule has 1 aliphatic carbocycles. The molecule has 1 fully saturated rings. The quantitative estimate of drug-likeness (QED) is 0.860. The first-order chi connectivity index (χ1) is 7.14. The zero-order valence-electron chi connectivity index (χ0n) is 8.21. The molecular formula is C11H13Cl2NO. The van der Waals surface area contributed by atoms with Crippen molar-refractivity contribution in [3.05, 3.63) is 33.8 Å². The van der Waals surface area contributed by atoms with Gasteiger partial charge in [0.25, 0.3) is 0 Å². The zero-order valence-corrected chi connectivity index (χ0v) is 9.72. The van der Waals surface area contributed by atoms with Crippen molar-refractivity contribution < 1.29 is 5.11 Å². The zero-order chi connectivity index (χ0) is 11.1. The molecule has 1 aromatic rings. The Morgan fingerprint density at radius 2 is 2.20 bits per heavy atom. The number of hydrogen-bond donors (Lipinski definition) is 2. The van der Waals surface area contributed by atoms with E-state index < -0.39 is 0 Å². The van der Waals surface area contributed by atoms with E-state index in [4.69, 9.17) is 28.9 Å². The number of halogens is 2. The smallest absolute Gasteiger partial charge is 0.0627 e. The van der Waals surface area contributed by atoms with Gasteiger partial charge < -0.3 is 10.8 Å². The first-order valence-corrected chi connectivity index (χ1v) is 5.65. The van der Waals surface area contributed by atoms with E-state index >= 15 is 0 Å². The average Bonchev–Trinajstić information content (AvgIpc) is 2.97. The molecule has 0 heterocycles. The molecule has 82 valence electrons. The maximum Gasteiger partial charge on any atom is 0.0627 e. The highest BCUT2D eigenvalue weighted by Crippen LogP contribution is 2.59. The molecule has 0 saturated heterocycles. The summed E-state index contributed by atoms with van der Waals surface area (Å²) >= 11 is 12.1. The molecule has 1 aliphatic rings. The molecule has 1 saturated carbocycles. The Kier molecular flexibility index (Phi) is 2.95. The summed E-state index contributed by atoms with van der Waals surface area (Å²) in [6.45, 7) is 0.591. The first kappa shape index (κ1) is 11.2. The second kappa shape index (κ2) is 3.95. The molecule has 3 N–H and O–H groups in total. The first-order valence-electron chi connectivity index (χ1n) is 4.89. The van der Waals surface area contributed by atoms with E-state index in [1.54, 1.807) is 6.07 Å². The average molecular weight is 246 g/mol. The summed E-state index contributed by atoms with van der Waals surface area (Å²) in [6, 6.07) is 5.59. The van der Waals surface area contributed by atoms with Gasteiger partial charge in [0, 0.05) is 12.0 Å². The predicted octanol–water partition coefficient (Wildman–Crippen LogP) is 2.42. The van der Waals surface area contributed by atoms with Crippen molar-refractivity contribution in [3.8, 4) is 0 Å². The molecule has 2 atom stereocenters. The summed E-state index contributed by atoms with van der Waals surface area (Å²) in [5, 5.41) is 10.4. The Balaban J connectivity index is 2.30. The van der Waals surface area contributed by atoms with E-state index in [0.717, 1.165) is 12.0 Å². The van der Waals surface area contributed by atoms with Crippen LogP contribution in [0, 0.1) is 5.41 Å². The van der Waals surface area contributed by atoms with Gasteiger partial charge in [-0.3, -0.25) is 0 Å². The molecule has 0 amide bonds. The van der Waals surface area contributed by atoms with Crippen molar-refractivity contribution >= 4 is 23.2 Å². The number of hydrogen-bond acceptors (Lipinski definition) is 2. The van der Waals surface area contributed by atoms with Gasteiger partial charge in [0.1, 0.15) is 0 Å². The van der Waals surface area contributed by atoms with Crippen LogP contribution in [0.15, 0.2) is 18.2 Å². The van der Waals surface area contributed by atoms with Crippen LogP contribution in [0.5, 0.6) is 0 Å². The highest BCUT2D eigenvalue weighted by Gasteiger charge is 2.54. The van der Waals surface area contributed by atoms with Gasteiger partial charge in [-0.1, -0.05) is 35.3 Å². The minimum atomic E-state index is -0.172. The standard InChI is InChI=1S/C11H13Cl2NO/c12-9-3-1-2-7(10(9)13)8-4-11(8,5-14)6-15/h1-3,8,15H,4-6,14H2/t8-,11-/m1/s1. The Hall–Kier alpha value is -0.280. The van der Waals surface area contributed by atoms with E-state index in [2.05, 4.69) is 0 Å².